The van der Waals surface area contributed by atoms with Crippen molar-refractivity contribution in [3.05, 3.63) is 29.3 Å². The monoisotopic (exact) mass is 560 g/mol. The summed E-state index contributed by atoms with van der Waals surface area (Å²) in [6, 6.07) is 4.91. The zero-order chi connectivity index (χ0) is 29.6. The van der Waals surface area contributed by atoms with Gasteiger partial charge in [0.15, 0.2) is 0 Å². The summed E-state index contributed by atoms with van der Waals surface area (Å²) in [6.07, 6.45) is -3.71. The summed E-state index contributed by atoms with van der Waals surface area (Å²) in [6.45, 7) is 21.7. The van der Waals surface area contributed by atoms with Crippen molar-refractivity contribution in [1.82, 2.24) is 5.32 Å². The Balaban J connectivity index is 3.46. The van der Waals surface area contributed by atoms with Crippen molar-refractivity contribution in [2.75, 3.05) is 6.54 Å². The summed E-state index contributed by atoms with van der Waals surface area (Å²) in [5.41, 5.74) is -1.66. The van der Waals surface area contributed by atoms with Gasteiger partial charge in [-0.2, -0.15) is 0 Å². The molecule has 1 rings (SSSR count). The Labute approximate surface area is 228 Å². The third kappa shape index (κ3) is 13.3. The first-order valence-electron chi connectivity index (χ1n) is 12.6. The number of ether oxygens (including phenoxy) is 5. The van der Waals surface area contributed by atoms with Gasteiger partial charge in [0.2, 0.25) is 0 Å². The van der Waals surface area contributed by atoms with Gasteiger partial charge in [-0.3, -0.25) is 9.47 Å². The highest BCUT2D eigenvalue weighted by Crippen LogP contribution is 2.36. The van der Waals surface area contributed by atoms with Crippen LogP contribution in [0, 0.1) is 0 Å². The van der Waals surface area contributed by atoms with Gasteiger partial charge in [-0.25, -0.2) is 4.79 Å². The number of carbonyl (C=O) groups excluding carboxylic acids is 1. The molecule has 0 saturated carbocycles. The smallest absolute Gasteiger partial charge is 0.429 e. The van der Waals surface area contributed by atoms with E-state index in [1.165, 1.54) is 0 Å². The van der Waals surface area contributed by atoms with E-state index in [-0.39, 0.29) is 11.3 Å². The van der Waals surface area contributed by atoms with Crippen molar-refractivity contribution >= 4 is 14.8 Å². The third-order valence-corrected chi connectivity index (χ3v) is 4.67. The third-order valence-electron chi connectivity index (χ3n) is 4.34. The molecule has 1 aromatic rings. The van der Waals surface area contributed by atoms with Gasteiger partial charge < -0.3 is 24.6 Å². The van der Waals surface area contributed by atoms with Crippen LogP contribution in [-0.4, -0.2) is 46.3 Å². The van der Waals surface area contributed by atoms with E-state index in [4.69, 9.17) is 28.2 Å². The first-order valence-corrected chi connectivity index (χ1v) is 13.4. The molecule has 0 aliphatic carbocycles. The topological polar surface area (TPSA) is 122 Å². The van der Waals surface area contributed by atoms with E-state index < -0.39 is 50.5 Å². The predicted octanol–water partition coefficient (Wildman–Crippen LogP) is 6.14. The molecular formula is C27H47NO9P+. The SMILES string of the molecule is CC(C)(C)NCC(OC(=O)OC(C)(C)C)c1ccc(OC(O[PH+]=O)(OC(C)(C)C)OC(C)(C)C)c(CO)c1. The molecular weight excluding hydrogens is 513 g/mol. The van der Waals surface area contributed by atoms with E-state index in [2.05, 4.69) is 5.32 Å². The molecule has 0 spiro atoms. The van der Waals surface area contributed by atoms with Crippen LogP contribution < -0.4 is 10.1 Å². The van der Waals surface area contributed by atoms with Crippen LogP contribution in [0.15, 0.2) is 18.2 Å². The Hall–Kier alpha value is -1.81. The molecule has 38 heavy (non-hydrogen) atoms. The Morgan fingerprint density at radius 3 is 1.89 bits per heavy atom. The summed E-state index contributed by atoms with van der Waals surface area (Å²) in [7, 11) is -1.26. The van der Waals surface area contributed by atoms with Crippen LogP contribution >= 0.6 is 8.69 Å². The number of aliphatic hydroxyl groups excluding tert-OH is 1. The number of benzene rings is 1. The van der Waals surface area contributed by atoms with Crippen LogP contribution in [0.2, 0.25) is 0 Å². The zero-order valence-electron chi connectivity index (χ0n) is 24.9. The maximum atomic E-state index is 12.5. The lowest BCUT2D eigenvalue weighted by Gasteiger charge is -2.37. The van der Waals surface area contributed by atoms with Crippen LogP contribution in [-0.2, 0) is 34.6 Å². The molecule has 1 aromatic carbocycles. The molecule has 11 heteroatoms. The van der Waals surface area contributed by atoms with Crippen molar-refractivity contribution in [2.24, 2.45) is 0 Å². The molecule has 0 bridgehead atoms. The fraction of sp³-hybridized carbons (Fsp3) is 0.741. The number of aliphatic hydroxyl groups is 1. The Morgan fingerprint density at radius 2 is 1.47 bits per heavy atom. The second-order valence-corrected chi connectivity index (χ2v) is 13.3. The van der Waals surface area contributed by atoms with E-state index in [0.717, 1.165) is 0 Å². The van der Waals surface area contributed by atoms with Crippen LogP contribution in [0.1, 0.15) is 100 Å². The standard InChI is InChI=1S/C27H47NO9P/c1-23(2,3)28-16-21(32-22(30)34-24(4,5)6)18-13-14-20(19(15-18)17-29)33-27(37-38-31,35-25(7,8)9)36-26(10,11)12/h13-15,21,28-29,38H,16-17H2,1-12H3/q+1. The Bertz CT molecular complexity index is 908. The highest BCUT2D eigenvalue weighted by atomic mass is 31.1. The van der Waals surface area contributed by atoms with Gasteiger partial charge in [0.05, 0.1) is 17.8 Å². The first-order chi connectivity index (χ1) is 17.1. The molecule has 0 fully saturated rings. The molecule has 218 valence electrons. The van der Waals surface area contributed by atoms with Gasteiger partial charge in [0, 0.05) is 17.6 Å². The molecule has 0 saturated heterocycles. The van der Waals surface area contributed by atoms with E-state index in [0.29, 0.717) is 17.7 Å². The first kappa shape index (κ1) is 34.2. The minimum atomic E-state index is -2.16. The number of nitrogens with one attached hydrogen (secondary N) is 1. The molecule has 0 aliphatic heterocycles. The van der Waals surface area contributed by atoms with Crippen molar-refractivity contribution < 1.29 is 42.7 Å². The summed E-state index contributed by atoms with van der Waals surface area (Å²) in [5.74, 6) is 0.169. The summed E-state index contributed by atoms with van der Waals surface area (Å²) in [4.78, 5) is 12.5. The largest absolute Gasteiger partial charge is 0.509 e. The second-order valence-electron chi connectivity index (χ2n) is 12.9. The van der Waals surface area contributed by atoms with Crippen LogP contribution in [0.4, 0.5) is 4.79 Å². The van der Waals surface area contributed by atoms with Gasteiger partial charge in [-0.05, 0) is 110 Å². The molecule has 0 aliphatic rings. The Kier molecular flexibility index (Phi) is 11.7. The summed E-state index contributed by atoms with van der Waals surface area (Å²) < 4.78 is 45.9. The fourth-order valence-electron chi connectivity index (χ4n) is 3.10. The van der Waals surface area contributed by atoms with Gasteiger partial charge in [0.1, 0.15) is 17.5 Å². The van der Waals surface area contributed by atoms with Gasteiger partial charge >= 0.3 is 21.0 Å². The molecule has 0 amide bonds. The van der Waals surface area contributed by atoms with Gasteiger partial charge in [-0.1, -0.05) is 6.07 Å². The van der Waals surface area contributed by atoms with Crippen molar-refractivity contribution in [1.29, 1.82) is 0 Å². The summed E-state index contributed by atoms with van der Waals surface area (Å²) >= 11 is 0. The minimum absolute atomic E-state index is 0.169. The zero-order valence-corrected chi connectivity index (χ0v) is 25.9. The van der Waals surface area contributed by atoms with Gasteiger partial charge in [0.25, 0.3) is 0 Å². The molecule has 10 nitrogen and oxygen atoms in total. The maximum Gasteiger partial charge on any atom is 0.509 e. The van der Waals surface area contributed by atoms with E-state index >= 15 is 0 Å². The molecule has 2 atom stereocenters. The second kappa shape index (κ2) is 13.0. The average molecular weight is 561 g/mol. The molecule has 0 heterocycles. The lowest BCUT2D eigenvalue weighted by molar-refractivity contribution is -0.478. The highest BCUT2D eigenvalue weighted by molar-refractivity contribution is 7.17. The van der Waals surface area contributed by atoms with E-state index in [1.54, 1.807) is 80.5 Å². The molecule has 2 N–H and O–H groups in total. The van der Waals surface area contributed by atoms with Crippen molar-refractivity contribution in [3.8, 4) is 5.75 Å². The lowest BCUT2D eigenvalue weighted by atomic mass is 10.0. The normalized spacial score (nSPS) is 14.3. The van der Waals surface area contributed by atoms with E-state index in [1.807, 2.05) is 20.8 Å². The number of hydrogen-bond donors (Lipinski definition) is 2. The quantitative estimate of drug-likeness (QED) is 0.185. The molecule has 0 aromatic heterocycles. The Morgan fingerprint density at radius 1 is 0.921 bits per heavy atom. The van der Waals surface area contributed by atoms with Crippen molar-refractivity contribution in [2.45, 2.75) is 124 Å². The maximum absolute atomic E-state index is 12.5. The van der Waals surface area contributed by atoms with E-state index in [9.17, 15) is 14.5 Å². The van der Waals surface area contributed by atoms with Crippen LogP contribution in [0.3, 0.4) is 0 Å². The highest BCUT2D eigenvalue weighted by Gasteiger charge is 2.49. The number of hydrogen-bond acceptors (Lipinski definition) is 10. The van der Waals surface area contributed by atoms with Crippen LogP contribution in [0.5, 0.6) is 5.75 Å². The minimum Gasteiger partial charge on any atom is -0.429 e. The van der Waals surface area contributed by atoms with Crippen molar-refractivity contribution in [3.63, 3.8) is 0 Å². The number of rotatable bonds is 11. The number of carbonyl (C=O) groups is 1. The van der Waals surface area contributed by atoms with Crippen LogP contribution in [0.25, 0.3) is 0 Å². The average Bonchev–Trinajstić information content (AvgIpc) is 2.66. The lowest BCUT2D eigenvalue weighted by Crippen LogP contribution is -2.51. The van der Waals surface area contributed by atoms with Gasteiger partial charge in [-0.15, -0.1) is 0 Å². The predicted molar refractivity (Wildman–Crippen MR) is 145 cm³/mol. The molecule has 2 unspecified atom stereocenters. The fourth-order valence-corrected chi connectivity index (χ4v) is 3.33. The molecule has 0 radical (unpaired) electrons. The summed E-state index contributed by atoms with van der Waals surface area (Å²) in [5, 5.41) is 13.5.